The van der Waals surface area contributed by atoms with E-state index in [9.17, 15) is 9.59 Å². The zero-order valence-electron chi connectivity index (χ0n) is 9.61. The summed E-state index contributed by atoms with van der Waals surface area (Å²) in [6.45, 7) is 1.24. The highest BCUT2D eigenvalue weighted by Crippen LogP contribution is 2.18. The number of aromatic amines is 2. The molecule has 17 heavy (non-hydrogen) atoms. The fraction of sp³-hybridized carbons (Fsp3) is 0.700. The van der Waals surface area contributed by atoms with E-state index in [4.69, 9.17) is 5.73 Å². The number of hydrogen-bond donors (Lipinski definition) is 3. The van der Waals surface area contributed by atoms with E-state index in [2.05, 4.69) is 15.2 Å². The van der Waals surface area contributed by atoms with E-state index in [1.165, 1.54) is 0 Å². The smallest absolute Gasteiger partial charge is 0.342 e. The first-order chi connectivity index (χ1) is 8.22. The third-order valence-corrected chi connectivity index (χ3v) is 3.11. The molecule has 1 aliphatic rings. The molecule has 2 rings (SSSR count). The number of hydrogen-bond acceptors (Lipinski definition) is 5. The second-order valence-electron chi connectivity index (χ2n) is 4.26. The van der Waals surface area contributed by atoms with Crippen LogP contribution in [-0.4, -0.2) is 34.3 Å². The lowest BCUT2D eigenvalue weighted by Gasteiger charge is -2.28. The quantitative estimate of drug-likeness (QED) is 0.624. The van der Waals surface area contributed by atoms with E-state index >= 15 is 0 Å². The fourth-order valence-electron chi connectivity index (χ4n) is 2.24. The van der Waals surface area contributed by atoms with E-state index in [-0.39, 0.29) is 11.9 Å². The van der Waals surface area contributed by atoms with Crippen LogP contribution < -0.4 is 21.9 Å². The highest BCUT2D eigenvalue weighted by atomic mass is 16.2. The van der Waals surface area contributed by atoms with E-state index < -0.39 is 11.2 Å². The molecule has 1 aliphatic heterocycles. The summed E-state index contributed by atoms with van der Waals surface area (Å²) in [5.74, 6) is 0.266. The Bertz CT molecular complexity index is 480. The van der Waals surface area contributed by atoms with Crippen LogP contribution in [0.1, 0.15) is 25.7 Å². The van der Waals surface area contributed by atoms with Crippen molar-refractivity contribution in [2.75, 3.05) is 18.0 Å². The third kappa shape index (κ3) is 2.55. The number of anilines is 1. The Hall–Kier alpha value is -1.63. The predicted octanol–water partition coefficient (Wildman–Crippen LogP) is -0.834. The Kier molecular flexibility index (Phi) is 3.58. The average Bonchev–Trinajstić information content (AvgIpc) is 2.54. The normalized spacial score (nSPS) is 21.2. The Morgan fingerprint density at radius 1 is 1.35 bits per heavy atom. The van der Waals surface area contributed by atoms with Crippen LogP contribution in [-0.2, 0) is 0 Å². The van der Waals surface area contributed by atoms with Crippen molar-refractivity contribution in [3.63, 3.8) is 0 Å². The van der Waals surface area contributed by atoms with Gasteiger partial charge in [0.1, 0.15) is 0 Å². The van der Waals surface area contributed by atoms with Gasteiger partial charge < -0.3 is 10.6 Å². The van der Waals surface area contributed by atoms with Crippen molar-refractivity contribution in [3.8, 4) is 0 Å². The number of rotatable bonds is 2. The summed E-state index contributed by atoms with van der Waals surface area (Å²) in [7, 11) is 0. The number of aromatic nitrogens is 3. The van der Waals surface area contributed by atoms with Crippen molar-refractivity contribution < 1.29 is 0 Å². The highest BCUT2D eigenvalue weighted by molar-refractivity contribution is 5.36. The molecular weight excluding hydrogens is 222 g/mol. The molecule has 1 atom stereocenters. The molecule has 1 fully saturated rings. The van der Waals surface area contributed by atoms with Gasteiger partial charge >= 0.3 is 5.69 Å². The maximum Gasteiger partial charge on any atom is 0.342 e. The average molecular weight is 239 g/mol. The molecule has 1 aromatic rings. The molecule has 0 spiro atoms. The van der Waals surface area contributed by atoms with Gasteiger partial charge in [0.25, 0.3) is 5.56 Å². The summed E-state index contributed by atoms with van der Waals surface area (Å²) in [6.07, 6.45) is 4.21. The van der Waals surface area contributed by atoms with Crippen LogP contribution in [0.4, 0.5) is 5.82 Å². The van der Waals surface area contributed by atoms with Crippen LogP contribution in [0.25, 0.3) is 0 Å². The van der Waals surface area contributed by atoms with E-state index in [0.717, 1.165) is 32.2 Å². The molecule has 1 saturated heterocycles. The summed E-state index contributed by atoms with van der Waals surface area (Å²) < 4.78 is 0. The van der Waals surface area contributed by atoms with Crippen molar-refractivity contribution in [2.45, 2.75) is 31.7 Å². The van der Waals surface area contributed by atoms with Gasteiger partial charge in [-0.1, -0.05) is 12.8 Å². The lowest BCUT2D eigenvalue weighted by molar-refractivity contribution is 0.569. The second-order valence-corrected chi connectivity index (χ2v) is 4.26. The monoisotopic (exact) mass is 239 g/mol. The third-order valence-electron chi connectivity index (χ3n) is 3.11. The summed E-state index contributed by atoms with van der Waals surface area (Å²) in [4.78, 5) is 26.7. The Balaban J connectivity index is 2.34. The first-order valence-corrected chi connectivity index (χ1v) is 5.88. The van der Waals surface area contributed by atoms with Gasteiger partial charge in [0, 0.05) is 19.1 Å². The second kappa shape index (κ2) is 5.13. The summed E-state index contributed by atoms with van der Waals surface area (Å²) in [5, 5.41) is 6.09. The molecule has 0 bridgehead atoms. The molecule has 7 nitrogen and oxygen atoms in total. The van der Waals surface area contributed by atoms with Gasteiger partial charge in [0.05, 0.1) is 0 Å². The van der Waals surface area contributed by atoms with Crippen LogP contribution in [0.3, 0.4) is 0 Å². The molecule has 0 aromatic carbocycles. The summed E-state index contributed by atoms with van der Waals surface area (Å²) in [5.41, 5.74) is 4.69. The largest absolute Gasteiger partial charge is 0.346 e. The van der Waals surface area contributed by atoms with Crippen molar-refractivity contribution in [2.24, 2.45) is 5.73 Å². The Morgan fingerprint density at radius 2 is 2.18 bits per heavy atom. The SMILES string of the molecule is NCC1CCCCCN1c1n[nH]c(=O)[nH]c1=O. The van der Waals surface area contributed by atoms with Crippen LogP contribution in [0.5, 0.6) is 0 Å². The minimum Gasteiger partial charge on any atom is -0.346 e. The topological polar surface area (TPSA) is 108 Å². The maximum absolute atomic E-state index is 11.7. The van der Waals surface area contributed by atoms with Gasteiger partial charge in [-0.05, 0) is 12.8 Å². The lowest BCUT2D eigenvalue weighted by Crippen LogP contribution is -2.44. The molecule has 0 aliphatic carbocycles. The number of nitrogens with one attached hydrogen (secondary N) is 2. The van der Waals surface area contributed by atoms with E-state index in [0.29, 0.717) is 6.54 Å². The standard InChI is InChI=1S/C10H17N5O2/c11-6-7-4-2-1-3-5-15(7)8-9(16)12-10(17)14-13-8/h7H,1-6,11H2,(H2,12,14,16,17). The van der Waals surface area contributed by atoms with Crippen molar-refractivity contribution in [1.82, 2.24) is 15.2 Å². The van der Waals surface area contributed by atoms with Gasteiger partial charge in [-0.2, -0.15) is 0 Å². The van der Waals surface area contributed by atoms with Gasteiger partial charge in [-0.25, -0.2) is 9.89 Å². The van der Waals surface area contributed by atoms with Gasteiger partial charge in [-0.15, -0.1) is 5.10 Å². The van der Waals surface area contributed by atoms with Gasteiger partial charge in [-0.3, -0.25) is 9.78 Å². The zero-order chi connectivity index (χ0) is 12.3. The van der Waals surface area contributed by atoms with Crippen molar-refractivity contribution in [3.05, 3.63) is 20.8 Å². The number of H-pyrrole nitrogens is 2. The minimum absolute atomic E-state index is 0.122. The summed E-state index contributed by atoms with van der Waals surface area (Å²) in [6, 6.07) is 0.122. The Morgan fingerprint density at radius 3 is 2.88 bits per heavy atom. The molecule has 1 unspecified atom stereocenters. The van der Waals surface area contributed by atoms with Crippen LogP contribution in [0, 0.1) is 0 Å². The van der Waals surface area contributed by atoms with Crippen LogP contribution >= 0.6 is 0 Å². The predicted molar refractivity (Wildman–Crippen MR) is 64.1 cm³/mol. The molecule has 4 N–H and O–H groups in total. The molecule has 0 saturated carbocycles. The highest BCUT2D eigenvalue weighted by Gasteiger charge is 2.23. The minimum atomic E-state index is -0.585. The first kappa shape index (κ1) is 11.8. The summed E-state index contributed by atoms with van der Waals surface area (Å²) >= 11 is 0. The Labute approximate surface area is 98.0 Å². The lowest BCUT2D eigenvalue weighted by atomic mass is 10.1. The van der Waals surface area contributed by atoms with E-state index in [1.54, 1.807) is 0 Å². The zero-order valence-corrected chi connectivity index (χ0v) is 9.61. The number of nitrogens with two attached hydrogens (primary N) is 1. The van der Waals surface area contributed by atoms with Crippen LogP contribution in [0.15, 0.2) is 9.59 Å². The molecule has 1 aromatic heterocycles. The number of nitrogens with zero attached hydrogens (tertiary/aromatic N) is 2. The molecule has 2 heterocycles. The van der Waals surface area contributed by atoms with Crippen molar-refractivity contribution in [1.29, 1.82) is 0 Å². The molecule has 0 amide bonds. The first-order valence-electron chi connectivity index (χ1n) is 5.88. The van der Waals surface area contributed by atoms with Crippen molar-refractivity contribution >= 4 is 5.82 Å². The molecule has 94 valence electrons. The van der Waals surface area contributed by atoms with Gasteiger partial charge in [0.2, 0.25) is 5.82 Å². The fourth-order valence-corrected chi connectivity index (χ4v) is 2.24. The van der Waals surface area contributed by atoms with Gasteiger partial charge in [0.15, 0.2) is 0 Å². The van der Waals surface area contributed by atoms with E-state index in [1.807, 2.05) is 4.90 Å². The van der Waals surface area contributed by atoms with Crippen LogP contribution in [0.2, 0.25) is 0 Å². The molecule has 7 heteroatoms. The molecule has 0 radical (unpaired) electrons. The maximum atomic E-state index is 11.7. The molecular formula is C10H17N5O2.